The predicted molar refractivity (Wildman–Crippen MR) is 247 cm³/mol. The van der Waals surface area contributed by atoms with Gasteiger partial charge in [0.05, 0.1) is 11.4 Å². The summed E-state index contributed by atoms with van der Waals surface area (Å²) < 4.78 is 0. The van der Waals surface area contributed by atoms with Gasteiger partial charge in [0, 0.05) is 16.7 Å². The van der Waals surface area contributed by atoms with Gasteiger partial charge < -0.3 is 0 Å². The predicted octanol–water partition coefficient (Wildman–Crippen LogP) is 15.7. The lowest BCUT2D eigenvalue weighted by Gasteiger charge is -2.19. The third kappa shape index (κ3) is 5.93. The van der Waals surface area contributed by atoms with Crippen molar-refractivity contribution < 1.29 is 0 Å². The van der Waals surface area contributed by atoms with Crippen LogP contribution in [0.25, 0.3) is 110 Å². The van der Waals surface area contributed by atoms with Crippen molar-refractivity contribution in [2.24, 2.45) is 0 Å². The van der Waals surface area contributed by atoms with Crippen LogP contribution in [0.4, 0.5) is 0 Å². The molecular formula is C57H37N. The number of hydrogen-bond donors (Lipinski definition) is 0. The van der Waals surface area contributed by atoms with Crippen LogP contribution in [0.1, 0.15) is 0 Å². The summed E-state index contributed by atoms with van der Waals surface area (Å²) in [5, 5.41) is 9.97. The van der Waals surface area contributed by atoms with E-state index in [-0.39, 0.29) is 0 Å². The van der Waals surface area contributed by atoms with Crippen molar-refractivity contribution in [2.45, 2.75) is 0 Å². The third-order valence-electron chi connectivity index (χ3n) is 11.6. The minimum absolute atomic E-state index is 0.966. The third-order valence-corrected chi connectivity index (χ3v) is 11.6. The molecule has 1 heteroatoms. The van der Waals surface area contributed by atoms with Crippen LogP contribution in [0.3, 0.4) is 0 Å². The summed E-state index contributed by atoms with van der Waals surface area (Å²) in [4.78, 5) is 5.24. The van der Waals surface area contributed by atoms with Crippen LogP contribution in [0.2, 0.25) is 0 Å². The molecule has 1 heterocycles. The Morgan fingerprint density at radius 2 is 0.707 bits per heavy atom. The van der Waals surface area contributed by atoms with E-state index in [1.807, 2.05) is 6.07 Å². The Balaban J connectivity index is 1.09. The average molecular weight is 736 g/mol. The average Bonchev–Trinajstić information content (AvgIpc) is 3.30. The number of fused-ring (bicyclic) bond motifs is 4. The topological polar surface area (TPSA) is 12.9 Å². The van der Waals surface area contributed by atoms with E-state index < -0.39 is 0 Å². The molecule has 0 aliphatic heterocycles. The highest BCUT2D eigenvalue weighted by Gasteiger charge is 2.19. The smallest absolute Gasteiger partial charge is 0.0787 e. The van der Waals surface area contributed by atoms with Gasteiger partial charge >= 0.3 is 0 Å². The van der Waals surface area contributed by atoms with Crippen molar-refractivity contribution >= 4 is 43.1 Å². The van der Waals surface area contributed by atoms with Crippen molar-refractivity contribution in [2.75, 3.05) is 0 Å². The van der Waals surface area contributed by atoms with Crippen LogP contribution >= 0.6 is 0 Å². The van der Waals surface area contributed by atoms with E-state index in [0.717, 1.165) is 33.6 Å². The molecular weight excluding hydrogens is 699 g/mol. The number of benzene rings is 10. The zero-order valence-electron chi connectivity index (χ0n) is 31.8. The maximum Gasteiger partial charge on any atom is 0.0787 e. The van der Waals surface area contributed by atoms with Gasteiger partial charge in [-0.15, -0.1) is 0 Å². The maximum absolute atomic E-state index is 5.24. The van der Waals surface area contributed by atoms with Gasteiger partial charge in [0.25, 0.3) is 0 Å². The lowest BCUT2D eigenvalue weighted by molar-refractivity contribution is 1.32. The van der Waals surface area contributed by atoms with Crippen LogP contribution in [0.15, 0.2) is 224 Å². The normalized spacial score (nSPS) is 11.4. The van der Waals surface area contributed by atoms with Crippen molar-refractivity contribution in [3.63, 3.8) is 0 Å². The van der Waals surface area contributed by atoms with Crippen LogP contribution < -0.4 is 0 Å². The Morgan fingerprint density at radius 3 is 1.33 bits per heavy atom. The highest BCUT2D eigenvalue weighted by molar-refractivity contribution is 6.22. The molecule has 1 aromatic heterocycles. The molecule has 11 rings (SSSR count). The SMILES string of the molecule is c1ccc(-c2ccc(-c3ccc(-c4ccc5c(-c6ccc7ccccc7c6)c6ccccc6c(-c6ccc7ccccc7c6)c5c4)cc3)c(-c3ccccc3)n2)cc1. The van der Waals surface area contributed by atoms with Crippen LogP contribution in [-0.2, 0) is 0 Å². The second kappa shape index (κ2) is 14.2. The largest absolute Gasteiger partial charge is 0.247 e. The van der Waals surface area contributed by atoms with Crippen LogP contribution in [0.5, 0.6) is 0 Å². The van der Waals surface area contributed by atoms with Gasteiger partial charge in [0.1, 0.15) is 0 Å². The van der Waals surface area contributed by atoms with E-state index in [0.29, 0.717) is 0 Å². The van der Waals surface area contributed by atoms with Gasteiger partial charge in [0.15, 0.2) is 0 Å². The Bertz CT molecular complexity index is 3310. The first-order valence-corrected chi connectivity index (χ1v) is 19.9. The Kier molecular flexibility index (Phi) is 8.23. The van der Waals surface area contributed by atoms with E-state index in [4.69, 9.17) is 4.98 Å². The molecule has 11 aromatic rings. The molecule has 0 saturated carbocycles. The van der Waals surface area contributed by atoms with Gasteiger partial charge in [-0.1, -0.05) is 200 Å². The molecule has 10 aromatic carbocycles. The van der Waals surface area contributed by atoms with E-state index in [9.17, 15) is 0 Å². The highest BCUT2D eigenvalue weighted by atomic mass is 14.7. The molecule has 0 atom stereocenters. The minimum Gasteiger partial charge on any atom is -0.247 e. The number of hydrogen-bond acceptors (Lipinski definition) is 1. The Labute approximate surface area is 338 Å². The summed E-state index contributed by atoms with van der Waals surface area (Å²) >= 11 is 0. The van der Waals surface area contributed by atoms with Gasteiger partial charge in [-0.3, -0.25) is 0 Å². The molecule has 0 N–H and O–H groups in total. The molecule has 0 aliphatic carbocycles. The molecule has 0 fully saturated rings. The summed E-state index contributed by atoms with van der Waals surface area (Å²) in [5.74, 6) is 0. The standard InChI is InChI=1S/C57H37N/c1-3-15-42(16-4-1)54-34-33-49(57(58-54)43-17-5-2-6-18-43)41-27-23-40(24-28-41)46-31-32-52-53(37-46)56(48-30-26-39-14-8-10-20-45(39)36-48)51-22-12-11-21-50(51)55(52)47-29-25-38-13-7-9-19-44(38)35-47/h1-37H. The van der Waals surface area contributed by atoms with Crippen LogP contribution in [0, 0.1) is 0 Å². The summed E-state index contributed by atoms with van der Waals surface area (Å²) in [5.41, 5.74) is 13.7. The van der Waals surface area contributed by atoms with E-state index in [2.05, 4.69) is 218 Å². The summed E-state index contributed by atoms with van der Waals surface area (Å²) in [7, 11) is 0. The first-order chi connectivity index (χ1) is 28.7. The lowest BCUT2D eigenvalue weighted by atomic mass is 9.84. The highest BCUT2D eigenvalue weighted by Crippen LogP contribution is 2.46. The Hall–Kier alpha value is -7.61. The molecule has 270 valence electrons. The number of nitrogens with zero attached hydrogens (tertiary/aromatic N) is 1. The summed E-state index contributed by atoms with van der Waals surface area (Å²) in [6, 6.07) is 81.4. The van der Waals surface area contributed by atoms with Crippen molar-refractivity contribution in [3.05, 3.63) is 224 Å². The van der Waals surface area contributed by atoms with Gasteiger partial charge in [-0.25, -0.2) is 4.98 Å². The van der Waals surface area contributed by atoms with Crippen molar-refractivity contribution in [1.29, 1.82) is 0 Å². The van der Waals surface area contributed by atoms with Crippen molar-refractivity contribution in [3.8, 4) is 67.0 Å². The molecule has 0 unspecified atom stereocenters. The molecule has 0 saturated heterocycles. The first-order valence-electron chi connectivity index (χ1n) is 19.9. The minimum atomic E-state index is 0.966. The monoisotopic (exact) mass is 735 g/mol. The number of pyridine rings is 1. The number of rotatable bonds is 6. The van der Waals surface area contributed by atoms with Crippen LogP contribution in [-0.4, -0.2) is 4.98 Å². The zero-order valence-corrected chi connectivity index (χ0v) is 31.8. The fraction of sp³-hybridized carbons (Fsp3) is 0. The molecule has 0 spiro atoms. The maximum atomic E-state index is 5.24. The fourth-order valence-electron chi connectivity index (χ4n) is 8.79. The molecule has 0 bridgehead atoms. The van der Waals surface area contributed by atoms with Gasteiger partial charge in [0.2, 0.25) is 0 Å². The molecule has 1 nitrogen and oxygen atoms in total. The molecule has 0 radical (unpaired) electrons. The lowest BCUT2D eigenvalue weighted by Crippen LogP contribution is -1.93. The second-order valence-corrected chi connectivity index (χ2v) is 15.1. The van der Waals surface area contributed by atoms with Gasteiger partial charge in [-0.05, 0) is 106 Å². The number of aromatic nitrogens is 1. The van der Waals surface area contributed by atoms with Gasteiger partial charge in [-0.2, -0.15) is 0 Å². The summed E-state index contributed by atoms with van der Waals surface area (Å²) in [6.07, 6.45) is 0. The fourth-order valence-corrected chi connectivity index (χ4v) is 8.79. The van der Waals surface area contributed by atoms with E-state index >= 15 is 0 Å². The molecule has 0 aliphatic rings. The van der Waals surface area contributed by atoms with E-state index in [1.165, 1.54) is 76.5 Å². The van der Waals surface area contributed by atoms with E-state index in [1.54, 1.807) is 0 Å². The quantitative estimate of drug-likeness (QED) is 0.155. The zero-order chi connectivity index (χ0) is 38.4. The first kappa shape index (κ1) is 33.7. The summed E-state index contributed by atoms with van der Waals surface area (Å²) in [6.45, 7) is 0. The van der Waals surface area contributed by atoms with Crippen molar-refractivity contribution in [1.82, 2.24) is 4.98 Å². The Morgan fingerprint density at radius 1 is 0.241 bits per heavy atom. The second-order valence-electron chi connectivity index (χ2n) is 15.1. The molecule has 58 heavy (non-hydrogen) atoms. The molecule has 0 amide bonds.